The van der Waals surface area contributed by atoms with E-state index in [0.717, 1.165) is 109 Å². The maximum atomic E-state index is 12.8. The summed E-state index contributed by atoms with van der Waals surface area (Å²) in [5.41, 5.74) is 0. The van der Waals surface area contributed by atoms with Crippen molar-refractivity contribution in [2.45, 2.75) is 309 Å². The summed E-state index contributed by atoms with van der Waals surface area (Å²) >= 11 is 0. The lowest BCUT2D eigenvalue weighted by Crippen LogP contribution is -2.30. The Bertz CT molecular complexity index is 1320. The molecule has 0 rings (SSSR count). The molecule has 410 valence electrons. The number of esters is 3. The molecule has 0 heterocycles. The van der Waals surface area contributed by atoms with E-state index in [2.05, 4.69) is 93.7 Å². The van der Waals surface area contributed by atoms with Crippen LogP contribution in [0.15, 0.2) is 72.9 Å². The fraction of sp³-hybridized carbons (Fsp3) is 0.769. The second-order valence-electron chi connectivity index (χ2n) is 20.2. The normalized spacial score (nSPS) is 12.5. The van der Waals surface area contributed by atoms with Crippen molar-refractivity contribution in [1.29, 1.82) is 0 Å². The van der Waals surface area contributed by atoms with Crippen LogP contribution in [0.25, 0.3) is 0 Å². The standard InChI is InChI=1S/C65H114O6/c1-4-7-10-13-16-19-22-25-26-27-28-29-30-31-32-33-34-35-36-37-38-41-43-46-49-52-55-58-64(67)70-61-62(71-65(68)59-56-53-50-47-44-40-24-21-18-15-12-9-6-3)60-69-63(66)57-54-51-48-45-42-39-23-20-17-14-11-8-5-2/h12,15,20-25,27-28,30-31,62H,4-11,13-14,16-19,26,29,32-61H2,1-3H3/b15-12-,23-20-,24-21-,25-22-,28-27-,31-30-. The smallest absolute Gasteiger partial charge is 0.306 e. The SMILES string of the molecule is CCC/C=C\C/C=C\CCCCCCCC(=O)OC(COC(=O)CCCCCCC/C=C\CCCCCC)COC(=O)CCCCCCCCCCCCCC/C=C\C/C=C\C/C=C\CCCCCCC. The number of carbonyl (C=O) groups excluding carboxylic acids is 3. The highest BCUT2D eigenvalue weighted by Gasteiger charge is 2.19. The number of hydrogen-bond donors (Lipinski definition) is 0. The van der Waals surface area contributed by atoms with Gasteiger partial charge in [-0.15, -0.1) is 0 Å². The van der Waals surface area contributed by atoms with Crippen LogP contribution >= 0.6 is 0 Å². The quantitative estimate of drug-likeness (QED) is 0.0261. The van der Waals surface area contributed by atoms with E-state index in [4.69, 9.17) is 14.2 Å². The Balaban J connectivity index is 4.24. The molecule has 0 aliphatic carbocycles. The van der Waals surface area contributed by atoms with Crippen molar-refractivity contribution in [2.24, 2.45) is 0 Å². The summed E-state index contributed by atoms with van der Waals surface area (Å²) in [4.78, 5) is 38.1. The first-order chi connectivity index (χ1) is 35.0. The van der Waals surface area contributed by atoms with E-state index < -0.39 is 6.10 Å². The molecule has 0 radical (unpaired) electrons. The number of ether oxygens (including phenoxy) is 3. The van der Waals surface area contributed by atoms with Crippen LogP contribution in [0.4, 0.5) is 0 Å². The zero-order valence-electron chi connectivity index (χ0n) is 47.0. The maximum absolute atomic E-state index is 12.8. The van der Waals surface area contributed by atoms with Crippen LogP contribution in [-0.4, -0.2) is 37.2 Å². The van der Waals surface area contributed by atoms with Crippen molar-refractivity contribution in [1.82, 2.24) is 0 Å². The van der Waals surface area contributed by atoms with Gasteiger partial charge in [-0.25, -0.2) is 0 Å². The molecule has 0 aromatic heterocycles. The van der Waals surface area contributed by atoms with Gasteiger partial charge in [-0.05, 0) is 109 Å². The minimum absolute atomic E-state index is 0.0837. The van der Waals surface area contributed by atoms with Crippen LogP contribution in [-0.2, 0) is 28.6 Å². The van der Waals surface area contributed by atoms with E-state index in [1.807, 2.05) is 0 Å². The summed E-state index contributed by atoms with van der Waals surface area (Å²) in [5.74, 6) is -0.900. The van der Waals surface area contributed by atoms with Crippen molar-refractivity contribution in [3.63, 3.8) is 0 Å². The van der Waals surface area contributed by atoms with Gasteiger partial charge < -0.3 is 14.2 Å². The molecule has 0 aliphatic rings. The van der Waals surface area contributed by atoms with Gasteiger partial charge in [0.05, 0.1) is 0 Å². The lowest BCUT2D eigenvalue weighted by Gasteiger charge is -2.18. The van der Waals surface area contributed by atoms with Crippen molar-refractivity contribution < 1.29 is 28.6 Å². The van der Waals surface area contributed by atoms with E-state index in [0.29, 0.717) is 19.3 Å². The zero-order valence-corrected chi connectivity index (χ0v) is 47.0. The molecule has 0 aromatic rings. The van der Waals surface area contributed by atoms with Crippen molar-refractivity contribution in [2.75, 3.05) is 13.2 Å². The third-order valence-corrected chi connectivity index (χ3v) is 13.1. The molecule has 6 nitrogen and oxygen atoms in total. The van der Waals surface area contributed by atoms with E-state index in [1.54, 1.807) is 0 Å². The summed E-state index contributed by atoms with van der Waals surface area (Å²) in [7, 11) is 0. The Kier molecular flexibility index (Phi) is 56.8. The van der Waals surface area contributed by atoms with Crippen molar-refractivity contribution in [3.8, 4) is 0 Å². The first kappa shape index (κ1) is 67.8. The van der Waals surface area contributed by atoms with Gasteiger partial charge in [0.15, 0.2) is 6.10 Å². The van der Waals surface area contributed by atoms with Gasteiger partial charge in [-0.3, -0.25) is 14.4 Å². The van der Waals surface area contributed by atoms with Crippen LogP contribution in [0.5, 0.6) is 0 Å². The summed E-state index contributed by atoms with van der Waals surface area (Å²) < 4.78 is 16.9. The molecular formula is C65H114O6. The largest absolute Gasteiger partial charge is 0.462 e. The molecule has 71 heavy (non-hydrogen) atoms. The Morgan fingerprint density at radius 3 is 0.873 bits per heavy atom. The number of unbranched alkanes of at least 4 members (excludes halogenated alkanes) is 32. The minimum Gasteiger partial charge on any atom is -0.462 e. The van der Waals surface area contributed by atoms with E-state index in [1.165, 1.54) is 154 Å². The summed E-state index contributed by atoms with van der Waals surface area (Å²) in [5, 5.41) is 0. The predicted octanol–water partition coefficient (Wildman–Crippen LogP) is 20.5. The average Bonchev–Trinajstić information content (AvgIpc) is 3.37. The molecule has 0 spiro atoms. The van der Waals surface area contributed by atoms with Crippen LogP contribution in [0.1, 0.15) is 303 Å². The maximum Gasteiger partial charge on any atom is 0.306 e. The van der Waals surface area contributed by atoms with E-state index >= 15 is 0 Å². The monoisotopic (exact) mass is 991 g/mol. The highest BCUT2D eigenvalue weighted by molar-refractivity contribution is 5.71. The first-order valence-corrected chi connectivity index (χ1v) is 30.4. The summed E-state index contributed by atoms with van der Waals surface area (Å²) in [6, 6.07) is 0. The lowest BCUT2D eigenvalue weighted by atomic mass is 10.0. The number of hydrogen-bond acceptors (Lipinski definition) is 6. The second kappa shape index (κ2) is 59.4. The van der Waals surface area contributed by atoms with Crippen LogP contribution in [0.2, 0.25) is 0 Å². The molecule has 0 aliphatic heterocycles. The van der Waals surface area contributed by atoms with Gasteiger partial charge in [0.2, 0.25) is 0 Å². The fourth-order valence-corrected chi connectivity index (χ4v) is 8.54. The lowest BCUT2D eigenvalue weighted by molar-refractivity contribution is -0.167. The summed E-state index contributed by atoms with van der Waals surface area (Å²) in [6.07, 6.45) is 76.2. The molecule has 0 bridgehead atoms. The molecule has 0 saturated carbocycles. The van der Waals surface area contributed by atoms with Crippen molar-refractivity contribution in [3.05, 3.63) is 72.9 Å². The summed E-state index contributed by atoms with van der Waals surface area (Å²) in [6.45, 7) is 6.55. The van der Waals surface area contributed by atoms with Crippen LogP contribution < -0.4 is 0 Å². The Morgan fingerprint density at radius 1 is 0.282 bits per heavy atom. The zero-order chi connectivity index (χ0) is 51.4. The van der Waals surface area contributed by atoms with Gasteiger partial charge in [0.25, 0.3) is 0 Å². The van der Waals surface area contributed by atoms with E-state index in [9.17, 15) is 14.4 Å². The van der Waals surface area contributed by atoms with E-state index in [-0.39, 0.29) is 31.1 Å². The number of allylic oxidation sites excluding steroid dienone is 12. The molecule has 1 atom stereocenters. The molecule has 6 heteroatoms. The van der Waals surface area contributed by atoms with Gasteiger partial charge in [-0.2, -0.15) is 0 Å². The fourth-order valence-electron chi connectivity index (χ4n) is 8.54. The molecule has 0 amide bonds. The predicted molar refractivity (Wildman–Crippen MR) is 307 cm³/mol. The molecular weight excluding hydrogens is 877 g/mol. The van der Waals surface area contributed by atoms with Crippen molar-refractivity contribution >= 4 is 17.9 Å². The highest BCUT2D eigenvalue weighted by Crippen LogP contribution is 2.16. The molecule has 0 aromatic carbocycles. The number of carbonyl (C=O) groups is 3. The Labute approximate surface area is 440 Å². The van der Waals surface area contributed by atoms with Gasteiger partial charge in [0, 0.05) is 19.3 Å². The molecule has 0 fully saturated rings. The van der Waals surface area contributed by atoms with Crippen LogP contribution in [0, 0.1) is 0 Å². The third-order valence-electron chi connectivity index (χ3n) is 13.1. The molecule has 0 N–H and O–H groups in total. The topological polar surface area (TPSA) is 78.9 Å². The molecule has 1 unspecified atom stereocenters. The number of rotatable bonds is 55. The average molecular weight is 992 g/mol. The van der Waals surface area contributed by atoms with Crippen LogP contribution in [0.3, 0.4) is 0 Å². The Hall–Kier alpha value is -3.15. The molecule has 0 saturated heterocycles. The Morgan fingerprint density at radius 2 is 0.535 bits per heavy atom. The van der Waals surface area contributed by atoms with Gasteiger partial charge >= 0.3 is 17.9 Å². The van der Waals surface area contributed by atoms with Gasteiger partial charge in [-0.1, -0.05) is 248 Å². The highest BCUT2D eigenvalue weighted by atomic mass is 16.6. The minimum atomic E-state index is -0.786. The first-order valence-electron chi connectivity index (χ1n) is 30.4. The van der Waals surface area contributed by atoms with Gasteiger partial charge in [0.1, 0.15) is 13.2 Å². The third kappa shape index (κ3) is 57.6. The second-order valence-corrected chi connectivity index (χ2v) is 20.2.